The number of nitrogens with one attached hydrogen (secondary N) is 1. The van der Waals surface area contributed by atoms with Crippen LogP contribution in [0.25, 0.3) is 0 Å². The van der Waals surface area contributed by atoms with Crippen molar-refractivity contribution in [2.45, 2.75) is 13.0 Å². The summed E-state index contributed by atoms with van der Waals surface area (Å²) in [6, 6.07) is 5.64. The van der Waals surface area contributed by atoms with Gasteiger partial charge in [0.05, 0.1) is 5.56 Å². The van der Waals surface area contributed by atoms with Crippen molar-refractivity contribution in [2.24, 2.45) is 5.73 Å². The van der Waals surface area contributed by atoms with Gasteiger partial charge in [-0.1, -0.05) is 15.9 Å². The summed E-state index contributed by atoms with van der Waals surface area (Å²) in [6.45, 7) is 0.316. The fraction of sp³-hybridized carbons (Fsp3) is 0.154. The Bertz CT molecular complexity index is 687. The van der Waals surface area contributed by atoms with Gasteiger partial charge in [0.2, 0.25) is 5.91 Å². The van der Waals surface area contributed by atoms with Crippen molar-refractivity contribution in [2.75, 3.05) is 5.32 Å². The molecule has 21 heavy (non-hydrogen) atoms. The lowest BCUT2D eigenvalue weighted by molar-refractivity contribution is -0.118. The number of aromatic nitrogens is 2. The molecule has 8 heteroatoms. The normalized spacial score (nSPS) is 10.4. The Labute approximate surface area is 128 Å². The lowest BCUT2D eigenvalue weighted by atomic mass is 10.2. The van der Waals surface area contributed by atoms with Gasteiger partial charge in [-0.25, -0.2) is 4.39 Å². The molecule has 0 saturated carbocycles. The second-order valence-corrected chi connectivity index (χ2v) is 5.17. The van der Waals surface area contributed by atoms with E-state index in [-0.39, 0.29) is 17.8 Å². The van der Waals surface area contributed by atoms with Crippen molar-refractivity contribution >= 4 is 33.6 Å². The average molecular weight is 355 g/mol. The summed E-state index contributed by atoms with van der Waals surface area (Å²) in [7, 11) is 0. The maximum absolute atomic E-state index is 13.6. The third-order valence-corrected chi connectivity index (χ3v) is 3.14. The Morgan fingerprint density at radius 1 is 1.38 bits per heavy atom. The second-order valence-electron chi connectivity index (χ2n) is 4.26. The number of nitrogens with zero attached hydrogens (tertiary/aromatic N) is 2. The monoisotopic (exact) mass is 354 g/mol. The molecule has 2 amide bonds. The van der Waals surface area contributed by atoms with E-state index >= 15 is 0 Å². The number of aryl methyl sites for hydroxylation is 1. The summed E-state index contributed by atoms with van der Waals surface area (Å²) in [5, 5.41) is 6.53. The maximum Gasteiger partial charge on any atom is 0.259 e. The largest absolute Gasteiger partial charge is 0.370 e. The van der Waals surface area contributed by atoms with Crippen LogP contribution in [-0.2, 0) is 11.3 Å². The zero-order valence-corrected chi connectivity index (χ0v) is 12.4. The number of halogens is 2. The van der Waals surface area contributed by atoms with Crippen LogP contribution in [0.15, 0.2) is 34.9 Å². The third kappa shape index (κ3) is 4.12. The lowest BCUT2D eigenvalue weighted by Gasteiger charge is -2.04. The number of amides is 2. The molecule has 110 valence electrons. The summed E-state index contributed by atoms with van der Waals surface area (Å²) < 4.78 is 15.6. The van der Waals surface area contributed by atoms with E-state index in [4.69, 9.17) is 5.73 Å². The molecule has 1 aromatic carbocycles. The van der Waals surface area contributed by atoms with E-state index in [1.54, 1.807) is 12.3 Å². The average Bonchev–Trinajstić information content (AvgIpc) is 2.86. The summed E-state index contributed by atoms with van der Waals surface area (Å²) in [6.07, 6.45) is 1.74. The summed E-state index contributed by atoms with van der Waals surface area (Å²) in [4.78, 5) is 22.6. The molecule has 0 fully saturated rings. The minimum atomic E-state index is -0.621. The van der Waals surface area contributed by atoms with Gasteiger partial charge in [-0.15, -0.1) is 0 Å². The van der Waals surface area contributed by atoms with Crippen molar-refractivity contribution in [3.63, 3.8) is 0 Å². The van der Waals surface area contributed by atoms with Gasteiger partial charge in [-0.3, -0.25) is 14.3 Å². The van der Waals surface area contributed by atoms with Crippen LogP contribution in [0.1, 0.15) is 16.8 Å². The molecule has 0 spiro atoms. The number of rotatable bonds is 5. The highest BCUT2D eigenvalue weighted by molar-refractivity contribution is 9.10. The van der Waals surface area contributed by atoms with Gasteiger partial charge in [-0.2, -0.15) is 5.10 Å². The molecule has 0 unspecified atom stereocenters. The van der Waals surface area contributed by atoms with Gasteiger partial charge >= 0.3 is 0 Å². The SMILES string of the molecule is NC(=O)CCn1ccc(NC(=O)c2cc(Br)ccc2F)n1. The number of carbonyl (C=O) groups is 2. The number of hydrogen-bond acceptors (Lipinski definition) is 3. The smallest absolute Gasteiger partial charge is 0.259 e. The first-order chi connectivity index (χ1) is 9.95. The molecule has 0 bridgehead atoms. The molecule has 0 aliphatic rings. The predicted molar refractivity (Wildman–Crippen MR) is 78.1 cm³/mol. The van der Waals surface area contributed by atoms with Gasteiger partial charge in [0.1, 0.15) is 5.82 Å². The Hall–Kier alpha value is -2.22. The van der Waals surface area contributed by atoms with Crippen LogP contribution < -0.4 is 11.1 Å². The molecule has 2 rings (SSSR count). The van der Waals surface area contributed by atoms with Crippen LogP contribution in [0.2, 0.25) is 0 Å². The van der Waals surface area contributed by atoms with Crippen LogP contribution >= 0.6 is 15.9 Å². The van der Waals surface area contributed by atoms with Gasteiger partial charge in [0.25, 0.3) is 5.91 Å². The number of hydrogen-bond donors (Lipinski definition) is 2. The number of carbonyl (C=O) groups excluding carboxylic acids is 2. The number of nitrogens with two attached hydrogens (primary N) is 1. The van der Waals surface area contributed by atoms with Gasteiger partial charge in [-0.05, 0) is 18.2 Å². The Morgan fingerprint density at radius 2 is 2.14 bits per heavy atom. The van der Waals surface area contributed by atoms with E-state index in [1.165, 1.54) is 22.9 Å². The van der Waals surface area contributed by atoms with Crippen molar-refractivity contribution in [3.05, 3.63) is 46.3 Å². The quantitative estimate of drug-likeness (QED) is 0.859. The maximum atomic E-state index is 13.6. The van der Waals surface area contributed by atoms with Crippen molar-refractivity contribution < 1.29 is 14.0 Å². The first kappa shape index (κ1) is 15.2. The van der Waals surface area contributed by atoms with Crippen molar-refractivity contribution in [1.82, 2.24) is 9.78 Å². The molecule has 3 N–H and O–H groups in total. The summed E-state index contributed by atoms with van der Waals surface area (Å²) >= 11 is 3.18. The highest BCUT2D eigenvalue weighted by Crippen LogP contribution is 2.16. The van der Waals surface area contributed by atoms with E-state index in [9.17, 15) is 14.0 Å². The number of benzene rings is 1. The van der Waals surface area contributed by atoms with Crippen LogP contribution in [0.4, 0.5) is 10.2 Å². The molecular formula is C13H12BrFN4O2. The molecule has 0 aliphatic heterocycles. The van der Waals surface area contributed by atoms with E-state index in [2.05, 4.69) is 26.3 Å². The molecule has 1 heterocycles. The van der Waals surface area contributed by atoms with Crippen LogP contribution in [0, 0.1) is 5.82 Å². The van der Waals surface area contributed by atoms with Gasteiger partial charge in [0, 0.05) is 29.7 Å². The fourth-order valence-corrected chi connectivity index (χ4v) is 1.99. The molecule has 0 atom stereocenters. The van der Waals surface area contributed by atoms with E-state index in [0.717, 1.165) is 0 Å². The van der Waals surface area contributed by atoms with E-state index < -0.39 is 17.6 Å². The van der Waals surface area contributed by atoms with Gasteiger partial charge in [0.15, 0.2) is 5.82 Å². The van der Waals surface area contributed by atoms with E-state index in [0.29, 0.717) is 11.0 Å². The fourth-order valence-electron chi connectivity index (χ4n) is 1.63. The molecule has 0 radical (unpaired) electrons. The Balaban J connectivity index is 2.06. The summed E-state index contributed by atoms with van der Waals surface area (Å²) in [5.41, 5.74) is 4.95. The Kier molecular flexibility index (Phi) is 4.69. The first-order valence-corrected chi connectivity index (χ1v) is 6.83. The number of primary amides is 1. The van der Waals surface area contributed by atoms with Gasteiger partial charge < -0.3 is 11.1 Å². The minimum Gasteiger partial charge on any atom is -0.370 e. The topological polar surface area (TPSA) is 90.0 Å². The molecule has 6 nitrogen and oxygen atoms in total. The number of anilines is 1. The zero-order valence-electron chi connectivity index (χ0n) is 10.8. The molecular weight excluding hydrogens is 343 g/mol. The highest BCUT2D eigenvalue weighted by Gasteiger charge is 2.13. The highest BCUT2D eigenvalue weighted by atomic mass is 79.9. The van der Waals surface area contributed by atoms with Crippen molar-refractivity contribution in [1.29, 1.82) is 0 Å². The minimum absolute atomic E-state index is 0.0870. The van der Waals surface area contributed by atoms with Crippen LogP contribution in [-0.4, -0.2) is 21.6 Å². The lowest BCUT2D eigenvalue weighted by Crippen LogP contribution is -2.16. The standard InChI is InChI=1S/C13H12BrFN4O2/c14-8-1-2-10(15)9(7-8)13(21)17-12-4-6-19(18-12)5-3-11(16)20/h1-2,4,6-7H,3,5H2,(H2,16,20)(H,17,18,21). The summed E-state index contributed by atoms with van der Waals surface area (Å²) in [5.74, 6) is -1.39. The van der Waals surface area contributed by atoms with Crippen molar-refractivity contribution in [3.8, 4) is 0 Å². The molecule has 0 aliphatic carbocycles. The Morgan fingerprint density at radius 3 is 2.86 bits per heavy atom. The molecule has 2 aromatic rings. The third-order valence-electron chi connectivity index (χ3n) is 2.64. The van der Waals surface area contributed by atoms with Crippen LogP contribution in [0.3, 0.4) is 0 Å². The molecule has 0 saturated heterocycles. The van der Waals surface area contributed by atoms with E-state index in [1.807, 2.05) is 0 Å². The zero-order chi connectivity index (χ0) is 15.4. The van der Waals surface area contributed by atoms with Crippen LogP contribution in [0.5, 0.6) is 0 Å². The predicted octanol–water partition coefficient (Wildman–Crippen LogP) is 1.91. The molecule has 1 aromatic heterocycles. The first-order valence-electron chi connectivity index (χ1n) is 6.04. The second kappa shape index (κ2) is 6.49.